The van der Waals surface area contributed by atoms with Crippen molar-refractivity contribution in [1.82, 2.24) is 9.97 Å². The molecule has 2 aromatic heterocycles. The second kappa shape index (κ2) is 6.43. The van der Waals surface area contributed by atoms with Crippen molar-refractivity contribution in [3.63, 3.8) is 0 Å². The third-order valence-corrected chi connectivity index (χ3v) is 3.65. The van der Waals surface area contributed by atoms with Crippen molar-refractivity contribution in [3.05, 3.63) is 60.1 Å². The molecule has 0 saturated heterocycles. The summed E-state index contributed by atoms with van der Waals surface area (Å²) in [6, 6.07) is 15.5. The second-order valence-corrected chi connectivity index (χ2v) is 5.46. The molecule has 0 fully saturated rings. The molecule has 104 valence electrons. The maximum Gasteiger partial charge on any atom is 0.189 e. The molecule has 0 radical (unpaired) electrons. The van der Waals surface area contributed by atoms with Gasteiger partial charge >= 0.3 is 0 Å². The first-order valence-corrected chi connectivity index (χ1v) is 7.60. The number of nitrogens with one attached hydrogen (secondary N) is 2. The minimum absolute atomic E-state index is 0.517. The number of anilines is 2. The van der Waals surface area contributed by atoms with Crippen LogP contribution in [0.2, 0.25) is 0 Å². The third-order valence-electron chi connectivity index (χ3n) is 2.68. The Kier molecular flexibility index (Phi) is 4.18. The highest BCUT2D eigenvalue weighted by atomic mass is 32.1. The normalized spacial score (nSPS) is 10.1. The molecular formula is C15H12N4S2. The van der Waals surface area contributed by atoms with E-state index in [1.54, 1.807) is 6.20 Å². The number of hydrogen-bond donors (Lipinski definition) is 2. The summed E-state index contributed by atoms with van der Waals surface area (Å²) >= 11 is 6.77. The van der Waals surface area contributed by atoms with Crippen molar-refractivity contribution in [2.24, 2.45) is 0 Å². The zero-order chi connectivity index (χ0) is 14.5. The van der Waals surface area contributed by atoms with Gasteiger partial charge in [0.25, 0.3) is 0 Å². The molecule has 0 bridgehead atoms. The maximum absolute atomic E-state index is 5.27. The summed E-state index contributed by atoms with van der Waals surface area (Å²) in [5.41, 5.74) is 2.63. The van der Waals surface area contributed by atoms with Crippen LogP contribution in [0.25, 0.3) is 11.4 Å². The van der Waals surface area contributed by atoms with Crippen LogP contribution in [0.15, 0.2) is 60.1 Å². The highest BCUT2D eigenvalue weighted by molar-refractivity contribution is 7.80. The predicted molar refractivity (Wildman–Crippen MR) is 91.6 cm³/mol. The second-order valence-electron chi connectivity index (χ2n) is 4.20. The van der Waals surface area contributed by atoms with Gasteiger partial charge in [0.05, 0.1) is 5.69 Å². The van der Waals surface area contributed by atoms with E-state index in [0.29, 0.717) is 5.11 Å². The molecule has 1 aromatic carbocycles. The van der Waals surface area contributed by atoms with Crippen LogP contribution >= 0.6 is 23.6 Å². The summed E-state index contributed by atoms with van der Waals surface area (Å²) in [7, 11) is 0. The minimum Gasteiger partial charge on any atom is -0.332 e. The predicted octanol–water partition coefficient (Wildman–Crippen LogP) is 4.01. The van der Waals surface area contributed by atoms with Crippen LogP contribution in [0.5, 0.6) is 0 Å². The van der Waals surface area contributed by atoms with Crippen LogP contribution in [0.4, 0.5) is 10.8 Å². The summed E-state index contributed by atoms with van der Waals surface area (Å²) < 4.78 is 0. The summed E-state index contributed by atoms with van der Waals surface area (Å²) in [6.45, 7) is 0. The molecule has 0 aliphatic rings. The Morgan fingerprint density at radius 2 is 1.76 bits per heavy atom. The van der Waals surface area contributed by atoms with Crippen molar-refractivity contribution in [2.75, 3.05) is 10.6 Å². The first-order chi connectivity index (χ1) is 10.3. The van der Waals surface area contributed by atoms with Gasteiger partial charge in [-0.2, -0.15) is 0 Å². The standard InChI is InChI=1S/C15H12N4S2/c20-14(17-11-6-2-1-3-7-11)19-15-18-13(10-21-15)12-8-4-5-9-16-12/h1-10H,(H2,17,18,19,20). The van der Waals surface area contributed by atoms with Crippen molar-refractivity contribution in [1.29, 1.82) is 0 Å². The summed E-state index contributed by atoms with van der Waals surface area (Å²) in [5.74, 6) is 0. The molecule has 2 heterocycles. The summed E-state index contributed by atoms with van der Waals surface area (Å²) in [5, 5.41) is 9.40. The largest absolute Gasteiger partial charge is 0.332 e. The Bertz CT molecular complexity index is 726. The SMILES string of the molecule is S=C(Nc1ccccc1)Nc1nc(-c2ccccn2)cs1. The lowest BCUT2D eigenvalue weighted by atomic mass is 10.3. The molecule has 2 N–H and O–H groups in total. The van der Waals surface area contributed by atoms with Gasteiger partial charge in [-0.25, -0.2) is 4.98 Å². The quantitative estimate of drug-likeness (QED) is 0.716. The molecule has 6 heteroatoms. The minimum atomic E-state index is 0.517. The Labute approximate surface area is 131 Å². The number of hydrogen-bond acceptors (Lipinski definition) is 4. The van der Waals surface area contributed by atoms with Crippen LogP contribution in [-0.2, 0) is 0 Å². The Morgan fingerprint density at radius 1 is 0.952 bits per heavy atom. The molecule has 0 aliphatic carbocycles. The monoisotopic (exact) mass is 312 g/mol. The number of thiocarbonyl (C=S) groups is 1. The third kappa shape index (κ3) is 3.62. The molecule has 0 amide bonds. The molecule has 0 spiro atoms. The number of rotatable bonds is 3. The molecule has 3 rings (SSSR count). The van der Waals surface area contributed by atoms with Gasteiger partial charge in [-0.15, -0.1) is 11.3 Å². The summed E-state index contributed by atoms with van der Waals surface area (Å²) in [6.07, 6.45) is 1.75. The molecular weight excluding hydrogens is 300 g/mol. The van der Waals surface area contributed by atoms with Crippen LogP contribution in [0.1, 0.15) is 0 Å². The first kappa shape index (κ1) is 13.7. The topological polar surface area (TPSA) is 49.8 Å². The van der Waals surface area contributed by atoms with E-state index in [1.165, 1.54) is 11.3 Å². The van der Waals surface area contributed by atoms with Gasteiger partial charge in [-0.3, -0.25) is 4.98 Å². The van der Waals surface area contributed by atoms with E-state index in [9.17, 15) is 0 Å². The van der Waals surface area contributed by atoms with Crippen molar-refractivity contribution in [2.45, 2.75) is 0 Å². The first-order valence-electron chi connectivity index (χ1n) is 6.31. The van der Waals surface area contributed by atoms with E-state index >= 15 is 0 Å². The number of nitrogens with zero attached hydrogens (tertiary/aromatic N) is 2. The van der Waals surface area contributed by atoms with E-state index < -0.39 is 0 Å². The molecule has 0 atom stereocenters. The zero-order valence-corrected chi connectivity index (χ0v) is 12.6. The van der Waals surface area contributed by atoms with Gasteiger partial charge in [0.15, 0.2) is 10.2 Å². The van der Waals surface area contributed by atoms with Crippen molar-refractivity contribution < 1.29 is 0 Å². The average Bonchev–Trinajstić information content (AvgIpc) is 2.97. The van der Waals surface area contributed by atoms with Gasteiger partial charge in [0.2, 0.25) is 0 Å². The molecule has 3 aromatic rings. The lowest BCUT2D eigenvalue weighted by molar-refractivity contribution is 1.28. The number of pyridine rings is 1. The summed E-state index contributed by atoms with van der Waals surface area (Å²) in [4.78, 5) is 8.76. The Morgan fingerprint density at radius 3 is 2.52 bits per heavy atom. The fourth-order valence-electron chi connectivity index (χ4n) is 1.74. The van der Waals surface area contributed by atoms with Gasteiger partial charge in [0, 0.05) is 17.3 Å². The van der Waals surface area contributed by atoms with Gasteiger partial charge in [-0.1, -0.05) is 24.3 Å². The van der Waals surface area contributed by atoms with E-state index in [1.807, 2.05) is 53.9 Å². The fourth-order valence-corrected chi connectivity index (χ4v) is 2.73. The number of thiazole rings is 1. The molecule has 0 unspecified atom stereocenters. The van der Waals surface area contributed by atoms with E-state index in [0.717, 1.165) is 22.2 Å². The van der Waals surface area contributed by atoms with Crippen LogP contribution in [-0.4, -0.2) is 15.1 Å². The van der Waals surface area contributed by atoms with Crippen LogP contribution < -0.4 is 10.6 Å². The molecule has 0 aliphatic heterocycles. The zero-order valence-electron chi connectivity index (χ0n) is 11.0. The van der Waals surface area contributed by atoms with Crippen molar-refractivity contribution >= 4 is 39.5 Å². The van der Waals surface area contributed by atoms with Crippen LogP contribution in [0, 0.1) is 0 Å². The maximum atomic E-state index is 5.27. The van der Waals surface area contributed by atoms with Gasteiger partial charge < -0.3 is 10.6 Å². The highest BCUT2D eigenvalue weighted by Gasteiger charge is 2.06. The van der Waals surface area contributed by atoms with E-state index in [4.69, 9.17) is 12.2 Å². The number of aromatic nitrogens is 2. The number of para-hydroxylation sites is 1. The fraction of sp³-hybridized carbons (Fsp3) is 0. The van der Waals surface area contributed by atoms with Gasteiger partial charge in [-0.05, 0) is 36.5 Å². The molecule has 4 nitrogen and oxygen atoms in total. The average molecular weight is 312 g/mol. The van der Waals surface area contributed by atoms with Crippen LogP contribution in [0.3, 0.4) is 0 Å². The number of benzene rings is 1. The highest BCUT2D eigenvalue weighted by Crippen LogP contribution is 2.23. The smallest absolute Gasteiger partial charge is 0.189 e. The molecule has 0 saturated carbocycles. The molecule has 21 heavy (non-hydrogen) atoms. The Balaban J connectivity index is 1.66. The van der Waals surface area contributed by atoms with E-state index in [-0.39, 0.29) is 0 Å². The lowest BCUT2D eigenvalue weighted by Gasteiger charge is -2.07. The van der Waals surface area contributed by atoms with Gasteiger partial charge in [0.1, 0.15) is 5.69 Å². The lowest BCUT2D eigenvalue weighted by Crippen LogP contribution is -2.18. The van der Waals surface area contributed by atoms with E-state index in [2.05, 4.69) is 20.6 Å². The Hall–Kier alpha value is -2.31. The van der Waals surface area contributed by atoms with Crippen molar-refractivity contribution in [3.8, 4) is 11.4 Å².